The van der Waals surface area contributed by atoms with Gasteiger partial charge in [-0.1, -0.05) is 42.5 Å². The minimum atomic E-state index is -0.684. The van der Waals surface area contributed by atoms with Crippen LogP contribution in [0.2, 0.25) is 0 Å². The molecule has 0 amide bonds. The van der Waals surface area contributed by atoms with Gasteiger partial charge in [0.2, 0.25) is 0 Å². The summed E-state index contributed by atoms with van der Waals surface area (Å²) in [5.41, 5.74) is 2.50. The van der Waals surface area contributed by atoms with E-state index >= 15 is 0 Å². The molecule has 8 nitrogen and oxygen atoms in total. The molecule has 1 aliphatic rings. The van der Waals surface area contributed by atoms with Gasteiger partial charge in [0.1, 0.15) is 6.10 Å². The largest absolute Gasteiger partial charge is 0.504 e. The average molecular weight is 433 g/mol. The first-order valence-corrected chi connectivity index (χ1v) is 10.3. The highest BCUT2D eigenvalue weighted by Crippen LogP contribution is 2.44. The standard InChI is InChI=1S/C24H23N3O5/c1-25-19-17(23(29)26(2)24(25)30)18(14-8-5-4-6-9-14)27-12-13-32-22(20(19)27)15-10-7-11-16(31-3)21(15)28/h4-11,22,28H,12-13H2,1-3H3/t22-/m0/s1. The number of hydrogen-bond donors (Lipinski definition) is 1. The second-order valence-corrected chi connectivity index (χ2v) is 7.83. The van der Waals surface area contributed by atoms with E-state index in [0.29, 0.717) is 41.1 Å². The smallest absolute Gasteiger partial charge is 0.331 e. The highest BCUT2D eigenvalue weighted by Gasteiger charge is 2.34. The lowest BCUT2D eigenvalue weighted by molar-refractivity contribution is 0.0462. The lowest BCUT2D eigenvalue weighted by Gasteiger charge is -2.28. The molecule has 32 heavy (non-hydrogen) atoms. The molecule has 0 bridgehead atoms. The van der Waals surface area contributed by atoms with Crippen molar-refractivity contribution in [2.75, 3.05) is 13.7 Å². The lowest BCUT2D eigenvalue weighted by Crippen LogP contribution is -2.37. The molecule has 1 atom stereocenters. The number of nitrogens with zero attached hydrogens (tertiary/aromatic N) is 3. The molecule has 2 aromatic carbocycles. The van der Waals surface area contributed by atoms with Gasteiger partial charge < -0.3 is 19.1 Å². The Labute approximate surface area is 183 Å². The monoisotopic (exact) mass is 433 g/mol. The third-order valence-corrected chi connectivity index (χ3v) is 6.13. The molecule has 0 saturated carbocycles. The van der Waals surface area contributed by atoms with Crippen LogP contribution in [-0.4, -0.2) is 32.5 Å². The fourth-order valence-electron chi connectivity index (χ4n) is 4.63. The van der Waals surface area contributed by atoms with E-state index in [1.54, 1.807) is 25.2 Å². The number of para-hydroxylation sites is 1. The number of phenolic OH excluding ortho intramolecular Hbond substituents is 1. The summed E-state index contributed by atoms with van der Waals surface area (Å²) < 4.78 is 16.1. The van der Waals surface area contributed by atoms with E-state index in [0.717, 1.165) is 15.8 Å². The highest BCUT2D eigenvalue weighted by atomic mass is 16.5. The van der Waals surface area contributed by atoms with Crippen LogP contribution >= 0.6 is 0 Å². The second-order valence-electron chi connectivity index (χ2n) is 7.83. The van der Waals surface area contributed by atoms with Gasteiger partial charge in [-0.05, 0) is 11.6 Å². The lowest BCUT2D eigenvalue weighted by atomic mass is 10.0. The maximum Gasteiger partial charge on any atom is 0.331 e. The predicted molar refractivity (Wildman–Crippen MR) is 120 cm³/mol. The summed E-state index contributed by atoms with van der Waals surface area (Å²) in [5, 5.41) is 11.3. The van der Waals surface area contributed by atoms with E-state index in [-0.39, 0.29) is 11.3 Å². The number of phenols is 1. The van der Waals surface area contributed by atoms with Crippen molar-refractivity contribution in [3.63, 3.8) is 0 Å². The number of rotatable bonds is 3. The molecule has 0 fully saturated rings. The molecular formula is C24H23N3O5. The third kappa shape index (κ3) is 2.73. The Morgan fingerprint density at radius 3 is 2.50 bits per heavy atom. The van der Waals surface area contributed by atoms with Crippen molar-refractivity contribution in [2.24, 2.45) is 14.1 Å². The van der Waals surface area contributed by atoms with Crippen molar-refractivity contribution in [1.29, 1.82) is 0 Å². The average Bonchev–Trinajstić information content (AvgIpc) is 3.18. The molecule has 4 aromatic rings. The van der Waals surface area contributed by atoms with Gasteiger partial charge in [-0.15, -0.1) is 0 Å². The predicted octanol–water partition coefficient (Wildman–Crippen LogP) is 2.54. The topological polar surface area (TPSA) is 87.6 Å². The van der Waals surface area contributed by atoms with Gasteiger partial charge in [0.05, 0.1) is 36.0 Å². The van der Waals surface area contributed by atoms with Crippen molar-refractivity contribution >= 4 is 10.9 Å². The summed E-state index contributed by atoms with van der Waals surface area (Å²) in [7, 11) is 4.62. The number of aromatic hydroxyl groups is 1. The summed E-state index contributed by atoms with van der Waals surface area (Å²) >= 11 is 0. The van der Waals surface area contributed by atoms with Crippen molar-refractivity contribution < 1.29 is 14.6 Å². The SMILES string of the molecule is COc1cccc([C@@H]2OCCn3c(-c4ccccc4)c4c(=O)n(C)c(=O)n(C)c4c32)c1O. The van der Waals surface area contributed by atoms with Crippen molar-refractivity contribution in [3.05, 3.63) is 80.6 Å². The van der Waals surface area contributed by atoms with Crippen LogP contribution < -0.4 is 16.0 Å². The van der Waals surface area contributed by atoms with Crippen LogP contribution in [0.1, 0.15) is 17.4 Å². The Balaban J connectivity index is 1.94. The Morgan fingerprint density at radius 2 is 1.78 bits per heavy atom. The van der Waals surface area contributed by atoms with E-state index in [4.69, 9.17) is 9.47 Å². The Morgan fingerprint density at radius 1 is 1.03 bits per heavy atom. The van der Waals surface area contributed by atoms with Gasteiger partial charge in [-0.3, -0.25) is 13.9 Å². The van der Waals surface area contributed by atoms with Crippen LogP contribution in [0.4, 0.5) is 0 Å². The normalized spacial score (nSPS) is 15.7. The first-order valence-electron chi connectivity index (χ1n) is 10.3. The van der Waals surface area contributed by atoms with E-state index in [1.807, 2.05) is 34.9 Å². The fourth-order valence-corrected chi connectivity index (χ4v) is 4.63. The van der Waals surface area contributed by atoms with Crippen molar-refractivity contribution in [3.8, 4) is 22.8 Å². The highest BCUT2D eigenvalue weighted by molar-refractivity contribution is 5.96. The van der Waals surface area contributed by atoms with Gasteiger partial charge in [-0.2, -0.15) is 0 Å². The molecule has 8 heteroatoms. The van der Waals surface area contributed by atoms with Crippen LogP contribution in [0.5, 0.6) is 11.5 Å². The number of fused-ring (bicyclic) bond motifs is 3. The van der Waals surface area contributed by atoms with Gasteiger partial charge in [0, 0.05) is 26.2 Å². The van der Waals surface area contributed by atoms with Crippen LogP contribution in [0.15, 0.2) is 58.1 Å². The quantitative estimate of drug-likeness (QED) is 0.537. The van der Waals surface area contributed by atoms with Gasteiger partial charge in [0.15, 0.2) is 11.5 Å². The number of aromatic nitrogens is 3. The van der Waals surface area contributed by atoms with Crippen molar-refractivity contribution in [2.45, 2.75) is 12.6 Å². The Hall–Kier alpha value is -3.78. The zero-order valence-electron chi connectivity index (χ0n) is 18.0. The molecule has 3 heterocycles. The van der Waals surface area contributed by atoms with E-state index < -0.39 is 11.8 Å². The van der Waals surface area contributed by atoms with Gasteiger partial charge >= 0.3 is 5.69 Å². The molecular weight excluding hydrogens is 410 g/mol. The van der Waals surface area contributed by atoms with Gasteiger partial charge in [-0.25, -0.2) is 4.79 Å². The molecule has 0 aliphatic carbocycles. The summed E-state index contributed by atoms with van der Waals surface area (Å²) in [5.74, 6) is 0.296. The summed E-state index contributed by atoms with van der Waals surface area (Å²) in [6.07, 6.45) is -0.684. The molecule has 0 spiro atoms. The summed E-state index contributed by atoms with van der Waals surface area (Å²) in [4.78, 5) is 26.2. The molecule has 0 unspecified atom stereocenters. The van der Waals surface area contributed by atoms with E-state index in [2.05, 4.69) is 0 Å². The molecule has 2 aromatic heterocycles. The fraction of sp³-hybridized carbons (Fsp3) is 0.250. The number of benzene rings is 2. The van der Waals surface area contributed by atoms with Crippen LogP contribution in [0.25, 0.3) is 22.2 Å². The minimum Gasteiger partial charge on any atom is -0.504 e. The molecule has 1 N–H and O–H groups in total. The number of hydrogen-bond acceptors (Lipinski definition) is 5. The third-order valence-electron chi connectivity index (χ3n) is 6.13. The molecule has 0 saturated heterocycles. The van der Waals surface area contributed by atoms with Crippen LogP contribution in [0.3, 0.4) is 0 Å². The second kappa shape index (κ2) is 7.42. The molecule has 1 aliphatic heterocycles. The number of aryl methyl sites for hydroxylation is 1. The Kier molecular flexibility index (Phi) is 4.67. The molecule has 164 valence electrons. The maximum absolute atomic E-state index is 13.3. The van der Waals surface area contributed by atoms with Crippen LogP contribution in [0, 0.1) is 0 Å². The van der Waals surface area contributed by atoms with E-state index in [9.17, 15) is 14.7 Å². The molecule has 0 radical (unpaired) electrons. The number of methoxy groups -OCH3 is 1. The van der Waals surface area contributed by atoms with Gasteiger partial charge in [0.25, 0.3) is 5.56 Å². The summed E-state index contributed by atoms with van der Waals surface area (Å²) in [6, 6.07) is 14.8. The minimum absolute atomic E-state index is 0.0297. The van der Waals surface area contributed by atoms with Crippen molar-refractivity contribution in [1.82, 2.24) is 13.7 Å². The first-order chi connectivity index (χ1) is 15.5. The first kappa shape index (κ1) is 20.1. The zero-order valence-corrected chi connectivity index (χ0v) is 18.0. The molecule has 5 rings (SSSR count). The summed E-state index contributed by atoms with van der Waals surface area (Å²) in [6.45, 7) is 0.885. The zero-order chi connectivity index (χ0) is 22.6. The maximum atomic E-state index is 13.3. The van der Waals surface area contributed by atoms with E-state index in [1.165, 1.54) is 18.7 Å². The van der Waals surface area contributed by atoms with Crippen LogP contribution in [-0.2, 0) is 25.4 Å². The Bertz CT molecular complexity index is 1460. The number of ether oxygens (including phenoxy) is 2.